The van der Waals surface area contributed by atoms with Gasteiger partial charge in [-0.05, 0) is 37.6 Å². The van der Waals surface area contributed by atoms with E-state index in [4.69, 9.17) is 13.9 Å². The number of rotatable bonds is 5. The van der Waals surface area contributed by atoms with Crippen molar-refractivity contribution in [1.29, 1.82) is 0 Å². The highest BCUT2D eigenvalue weighted by molar-refractivity contribution is 5.91. The molecule has 2 fully saturated rings. The molecule has 1 N–H and O–H groups in total. The number of nitrogens with zero attached hydrogens (tertiary/aromatic N) is 1. The average Bonchev–Trinajstić information content (AvgIpc) is 3.29. The summed E-state index contributed by atoms with van der Waals surface area (Å²) in [4.78, 5) is 14.7. The maximum Gasteiger partial charge on any atom is 0.290 e. The third-order valence-corrected chi connectivity index (χ3v) is 4.72. The summed E-state index contributed by atoms with van der Waals surface area (Å²) in [5.74, 6) is 0.945. The Hall–Kier alpha value is -2.31. The van der Waals surface area contributed by atoms with E-state index in [1.54, 1.807) is 12.1 Å². The lowest BCUT2D eigenvalue weighted by molar-refractivity contribution is -0.0462. The molecule has 2 saturated heterocycles. The smallest absolute Gasteiger partial charge is 0.290 e. The van der Waals surface area contributed by atoms with Crippen molar-refractivity contribution in [2.24, 2.45) is 0 Å². The van der Waals surface area contributed by atoms with Gasteiger partial charge >= 0.3 is 0 Å². The highest BCUT2D eigenvalue weighted by atomic mass is 16.6. The minimum Gasteiger partial charge on any atom is -0.426 e. The highest BCUT2D eigenvalue weighted by Crippen LogP contribution is 2.24. The summed E-state index contributed by atoms with van der Waals surface area (Å²) >= 11 is 0. The summed E-state index contributed by atoms with van der Waals surface area (Å²) in [6.07, 6.45) is 2.49. The second kappa shape index (κ2) is 7.29. The van der Waals surface area contributed by atoms with Crippen molar-refractivity contribution in [3.8, 4) is 11.7 Å². The Bertz CT molecular complexity index is 715. The van der Waals surface area contributed by atoms with Crippen molar-refractivity contribution in [2.75, 3.05) is 26.2 Å². The number of morpholine rings is 1. The number of ether oxygens (including phenoxy) is 2. The summed E-state index contributed by atoms with van der Waals surface area (Å²) in [6, 6.07) is 13.1. The summed E-state index contributed by atoms with van der Waals surface area (Å²) in [6.45, 7) is 3.26. The molecule has 2 atom stereocenters. The van der Waals surface area contributed by atoms with Crippen LogP contribution in [0.15, 0.2) is 46.9 Å². The number of furan rings is 1. The highest BCUT2D eigenvalue weighted by Gasteiger charge is 2.32. The first kappa shape index (κ1) is 16.2. The zero-order valence-corrected chi connectivity index (χ0v) is 14.0. The molecule has 1 amide bonds. The molecule has 0 bridgehead atoms. The van der Waals surface area contributed by atoms with Crippen LogP contribution in [0.25, 0.3) is 0 Å². The largest absolute Gasteiger partial charge is 0.426 e. The number of hydrogen-bond donors (Lipinski definition) is 1. The molecule has 6 nitrogen and oxygen atoms in total. The number of fused-ring (bicyclic) bond motifs is 1. The van der Waals surface area contributed by atoms with Crippen molar-refractivity contribution < 1.29 is 18.7 Å². The molecular formula is C19H22N2O4. The Morgan fingerprint density at radius 2 is 2.12 bits per heavy atom. The van der Waals surface area contributed by atoms with E-state index in [1.165, 1.54) is 12.8 Å². The fourth-order valence-electron chi connectivity index (χ4n) is 3.40. The summed E-state index contributed by atoms with van der Waals surface area (Å²) in [5, 5.41) is 2.89. The number of para-hydroxylation sites is 1. The Labute approximate surface area is 146 Å². The first-order chi connectivity index (χ1) is 12.3. The quantitative estimate of drug-likeness (QED) is 0.905. The number of carbonyl (C=O) groups is 1. The van der Waals surface area contributed by atoms with Gasteiger partial charge in [0, 0.05) is 25.2 Å². The van der Waals surface area contributed by atoms with Crippen molar-refractivity contribution in [3.63, 3.8) is 0 Å². The minimum absolute atomic E-state index is 0.0355. The fourth-order valence-corrected chi connectivity index (χ4v) is 3.40. The second-order valence-electron chi connectivity index (χ2n) is 6.49. The molecule has 4 rings (SSSR count). The van der Waals surface area contributed by atoms with Gasteiger partial charge in [-0.15, -0.1) is 0 Å². The standard InChI is InChI=1S/C19H22N2O4/c22-19(20-11-16-12-21-10-4-5-14(21)13-23-16)17-8-9-18(25-17)24-15-6-2-1-3-7-15/h1-3,6-9,14,16H,4-5,10-13H2,(H,20,22). The summed E-state index contributed by atoms with van der Waals surface area (Å²) < 4.78 is 16.9. The van der Waals surface area contributed by atoms with Crippen LogP contribution in [-0.4, -0.2) is 49.2 Å². The first-order valence-electron chi connectivity index (χ1n) is 8.74. The van der Waals surface area contributed by atoms with Gasteiger partial charge in [0.2, 0.25) is 0 Å². The van der Waals surface area contributed by atoms with Crippen LogP contribution in [-0.2, 0) is 4.74 Å². The molecule has 0 radical (unpaired) electrons. The van der Waals surface area contributed by atoms with Crippen LogP contribution in [0.2, 0.25) is 0 Å². The van der Waals surface area contributed by atoms with Gasteiger partial charge in [-0.1, -0.05) is 18.2 Å². The molecule has 2 aliphatic rings. The van der Waals surface area contributed by atoms with Crippen LogP contribution in [0, 0.1) is 0 Å². The number of nitrogens with one attached hydrogen (secondary N) is 1. The van der Waals surface area contributed by atoms with Crippen LogP contribution in [0.5, 0.6) is 11.7 Å². The lowest BCUT2D eigenvalue weighted by Gasteiger charge is -2.35. The first-order valence-corrected chi connectivity index (χ1v) is 8.74. The van der Waals surface area contributed by atoms with Crippen LogP contribution in [0.1, 0.15) is 23.4 Å². The van der Waals surface area contributed by atoms with E-state index in [9.17, 15) is 4.79 Å². The lowest BCUT2D eigenvalue weighted by Crippen LogP contribution is -2.50. The topological polar surface area (TPSA) is 63.9 Å². The Balaban J connectivity index is 1.28. The SMILES string of the molecule is O=C(NCC1CN2CCCC2CO1)c1ccc(Oc2ccccc2)o1. The molecule has 2 aliphatic heterocycles. The van der Waals surface area contributed by atoms with Gasteiger partial charge in [0.25, 0.3) is 11.9 Å². The Morgan fingerprint density at radius 3 is 3.00 bits per heavy atom. The second-order valence-corrected chi connectivity index (χ2v) is 6.49. The molecule has 2 aromatic rings. The van der Waals surface area contributed by atoms with Gasteiger partial charge in [-0.2, -0.15) is 0 Å². The molecule has 2 unspecified atom stereocenters. The summed E-state index contributed by atoms with van der Waals surface area (Å²) in [5.41, 5.74) is 0. The van der Waals surface area contributed by atoms with Crippen LogP contribution in [0.3, 0.4) is 0 Å². The van der Waals surface area contributed by atoms with E-state index in [-0.39, 0.29) is 17.8 Å². The van der Waals surface area contributed by atoms with Gasteiger partial charge < -0.3 is 19.2 Å². The number of carbonyl (C=O) groups excluding carboxylic acids is 1. The third-order valence-electron chi connectivity index (χ3n) is 4.72. The van der Waals surface area contributed by atoms with E-state index in [0.29, 0.717) is 24.3 Å². The molecule has 3 heterocycles. The summed E-state index contributed by atoms with van der Waals surface area (Å²) in [7, 11) is 0. The van der Waals surface area contributed by atoms with Crippen molar-refractivity contribution in [1.82, 2.24) is 10.2 Å². The number of benzene rings is 1. The Kier molecular flexibility index (Phi) is 4.72. The van der Waals surface area contributed by atoms with Gasteiger partial charge in [0.15, 0.2) is 5.76 Å². The Morgan fingerprint density at radius 1 is 1.24 bits per heavy atom. The molecule has 1 aromatic heterocycles. The third kappa shape index (κ3) is 3.86. The molecular weight excluding hydrogens is 320 g/mol. The minimum atomic E-state index is -0.255. The zero-order chi connectivity index (χ0) is 17.1. The van der Waals surface area contributed by atoms with Crippen molar-refractivity contribution in [2.45, 2.75) is 25.0 Å². The molecule has 1 aromatic carbocycles. The van der Waals surface area contributed by atoms with Crippen LogP contribution in [0.4, 0.5) is 0 Å². The molecule has 25 heavy (non-hydrogen) atoms. The van der Waals surface area contributed by atoms with Gasteiger partial charge in [-0.25, -0.2) is 0 Å². The predicted molar refractivity (Wildman–Crippen MR) is 91.9 cm³/mol. The van der Waals surface area contributed by atoms with Crippen molar-refractivity contribution >= 4 is 5.91 Å². The van der Waals surface area contributed by atoms with E-state index in [1.807, 2.05) is 30.3 Å². The van der Waals surface area contributed by atoms with Crippen molar-refractivity contribution in [3.05, 3.63) is 48.2 Å². The van der Waals surface area contributed by atoms with E-state index in [2.05, 4.69) is 10.2 Å². The monoisotopic (exact) mass is 342 g/mol. The predicted octanol–water partition coefficient (Wildman–Crippen LogP) is 2.66. The van der Waals surface area contributed by atoms with Gasteiger partial charge in [-0.3, -0.25) is 9.69 Å². The number of amides is 1. The number of hydrogen-bond acceptors (Lipinski definition) is 5. The van der Waals surface area contributed by atoms with E-state index < -0.39 is 0 Å². The molecule has 0 saturated carbocycles. The van der Waals surface area contributed by atoms with E-state index >= 15 is 0 Å². The molecule has 0 spiro atoms. The molecule has 6 heteroatoms. The van der Waals surface area contributed by atoms with Crippen LogP contribution >= 0.6 is 0 Å². The maximum atomic E-state index is 12.3. The lowest BCUT2D eigenvalue weighted by atomic mass is 10.2. The van der Waals surface area contributed by atoms with E-state index in [0.717, 1.165) is 19.7 Å². The van der Waals surface area contributed by atoms with Crippen LogP contribution < -0.4 is 10.1 Å². The fraction of sp³-hybridized carbons (Fsp3) is 0.421. The normalized spacial score (nSPS) is 23.2. The maximum absolute atomic E-state index is 12.3. The van der Waals surface area contributed by atoms with Gasteiger partial charge in [0.1, 0.15) is 5.75 Å². The average molecular weight is 342 g/mol. The molecule has 0 aliphatic carbocycles. The molecule has 132 valence electrons. The zero-order valence-electron chi connectivity index (χ0n) is 14.0. The van der Waals surface area contributed by atoms with Gasteiger partial charge in [0.05, 0.1) is 12.7 Å².